The topological polar surface area (TPSA) is 20.3 Å². The normalized spacial score (nSPS) is 10.3. The first-order chi connectivity index (χ1) is 9.61. The molecule has 0 bridgehead atoms. The Bertz CT molecular complexity index is 604. The van der Waals surface area contributed by atoms with Crippen LogP contribution in [0.25, 0.3) is 0 Å². The van der Waals surface area contributed by atoms with Crippen LogP contribution in [0.15, 0.2) is 48.5 Å². The Kier molecular flexibility index (Phi) is 6.10. The molecule has 0 heterocycles. The second-order valence-electron chi connectivity index (χ2n) is 4.20. The number of nitrogens with zero attached hydrogens (tertiary/aromatic N) is 1. The number of benzene rings is 2. The van der Waals surface area contributed by atoms with E-state index < -0.39 is 0 Å². The molecular weight excluding hydrogens is 499 g/mol. The molecule has 0 spiro atoms. The largest absolute Gasteiger partial charge is 0.307 e. The molecule has 0 atom stereocenters. The Morgan fingerprint density at radius 2 is 1.75 bits per heavy atom. The van der Waals surface area contributed by atoms with E-state index in [-0.39, 0.29) is 11.8 Å². The van der Waals surface area contributed by atoms with Gasteiger partial charge < -0.3 is 4.90 Å². The molecule has 0 saturated carbocycles. The Morgan fingerprint density at radius 1 is 1.05 bits per heavy atom. The number of hydrogen-bond acceptors (Lipinski definition) is 1. The number of rotatable bonds is 4. The summed E-state index contributed by atoms with van der Waals surface area (Å²) in [5, 5.41) is 0. The summed E-state index contributed by atoms with van der Waals surface area (Å²) >= 11 is 10.3. The highest BCUT2D eigenvalue weighted by atomic mass is 127. The molecule has 1 amide bonds. The number of hydrogen-bond donors (Lipinski definition) is 0. The molecule has 0 unspecified atom stereocenters. The minimum Gasteiger partial charge on any atom is -0.307 e. The van der Waals surface area contributed by atoms with Gasteiger partial charge in [-0.25, -0.2) is 0 Å². The van der Waals surface area contributed by atoms with E-state index in [4.69, 9.17) is 11.6 Å². The summed E-state index contributed by atoms with van der Waals surface area (Å²) < 4.78 is 2.30. The fourth-order valence-corrected chi connectivity index (χ4v) is 2.79. The first-order valence-electron chi connectivity index (χ1n) is 5.97. The van der Waals surface area contributed by atoms with Gasteiger partial charge in [0, 0.05) is 12.8 Å². The van der Waals surface area contributed by atoms with Gasteiger partial charge in [-0.3, -0.25) is 4.79 Å². The summed E-state index contributed by atoms with van der Waals surface area (Å²) in [6, 6.07) is 15.9. The molecule has 2 rings (SSSR count). The van der Waals surface area contributed by atoms with Crippen LogP contribution in [0.3, 0.4) is 0 Å². The lowest BCUT2D eigenvalue weighted by atomic mass is 10.2. The van der Waals surface area contributed by atoms with E-state index in [2.05, 4.69) is 45.2 Å². The second kappa shape index (κ2) is 7.61. The summed E-state index contributed by atoms with van der Waals surface area (Å²) in [5.41, 5.74) is 1.96. The number of alkyl halides is 1. The number of halogens is 3. The van der Waals surface area contributed by atoms with Crippen LogP contribution in [-0.2, 0) is 11.3 Å². The minimum absolute atomic E-state index is 0.0185. The van der Waals surface area contributed by atoms with E-state index >= 15 is 0 Å². The van der Waals surface area contributed by atoms with Crippen molar-refractivity contribution >= 4 is 68.4 Å². The molecule has 5 heteroatoms. The molecule has 2 aromatic rings. The molecule has 0 aliphatic rings. The Labute approximate surface area is 150 Å². The van der Waals surface area contributed by atoms with Crippen molar-refractivity contribution in [2.75, 3.05) is 10.8 Å². The molecule has 0 aliphatic heterocycles. The molecule has 0 aliphatic carbocycles. The van der Waals surface area contributed by atoms with Crippen molar-refractivity contribution in [3.63, 3.8) is 0 Å². The summed E-state index contributed by atoms with van der Waals surface area (Å²) in [5.74, 6) is -0.109. The van der Waals surface area contributed by atoms with Gasteiger partial charge in [0.2, 0.25) is 5.91 Å². The Morgan fingerprint density at radius 3 is 2.35 bits per heavy atom. The number of carbonyl (C=O) groups excluding carboxylic acids is 1. The van der Waals surface area contributed by atoms with E-state index in [0.29, 0.717) is 6.54 Å². The average molecular weight is 512 g/mol. The van der Waals surface area contributed by atoms with Crippen molar-refractivity contribution in [1.82, 2.24) is 0 Å². The molecule has 0 saturated heterocycles. The lowest BCUT2D eigenvalue weighted by Gasteiger charge is -2.22. The molecule has 2 nitrogen and oxygen atoms in total. The molecule has 104 valence electrons. The van der Waals surface area contributed by atoms with Gasteiger partial charge >= 0.3 is 0 Å². The number of carbonyl (C=O) groups is 1. The van der Waals surface area contributed by atoms with Gasteiger partial charge in [-0.05, 0) is 68.9 Å². The molecule has 0 aromatic heterocycles. The zero-order valence-electron chi connectivity index (χ0n) is 10.5. The van der Waals surface area contributed by atoms with E-state index in [9.17, 15) is 4.79 Å². The van der Waals surface area contributed by atoms with Gasteiger partial charge in [0.05, 0.1) is 6.54 Å². The summed E-state index contributed by atoms with van der Waals surface area (Å²) in [7, 11) is 0. The quantitative estimate of drug-likeness (QED) is 0.432. The van der Waals surface area contributed by atoms with Gasteiger partial charge in [-0.1, -0.05) is 30.3 Å². The zero-order chi connectivity index (χ0) is 14.5. The van der Waals surface area contributed by atoms with E-state index in [0.717, 1.165) is 14.8 Å². The van der Waals surface area contributed by atoms with Crippen molar-refractivity contribution in [1.29, 1.82) is 0 Å². The second-order valence-corrected chi connectivity index (χ2v) is 6.79. The van der Waals surface area contributed by atoms with E-state index in [1.54, 1.807) is 4.90 Å². The van der Waals surface area contributed by atoms with Gasteiger partial charge in [0.25, 0.3) is 0 Å². The van der Waals surface area contributed by atoms with Crippen LogP contribution in [0.2, 0.25) is 0 Å². The maximum atomic E-state index is 12.1. The zero-order valence-corrected chi connectivity index (χ0v) is 15.6. The van der Waals surface area contributed by atoms with Crippen molar-refractivity contribution < 1.29 is 4.79 Å². The highest BCUT2D eigenvalue weighted by molar-refractivity contribution is 14.1. The fraction of sp³-hybridized carbons (Fsp3) is 0.133. The third-order valence-corrected chi connectivity index (χ3v) is 5.91. The first kappa shape index (κ1) is 16.0. The lowest BCUT2D eigenvalue weighted by Crippen LogP contribution is -2.31. The van der Waals surface area contributed by atoms with Gasteiger partial charge in [-0.15, -0.1) is 11.6 Å². The van der Waals surface area contributed by atoms with Crippen molar-refractivity contribution in [3.8, 4) is 0 Å². The van der Waals surface area contributed by atoms with Crippen LogP contribution < -0.4 is 4.90 Å². The molecule has 0 fully saturated rings. The fourth-order valence-electron chi connectivity index (χ4n) is 1.81. The van der Waals surface area contributed by atoms with Crippen molar-refractivity contribution in [3.05, 3.63) is 61.2 Å². The average Bonchev–Trinajstić information content (AvgIpc) is 2.48. The van der Waals surface area contributed by atoms with E-state index in [1.165, 1.54) is 3.57 Å². The number of anilines is 1. The maximum Gasteiger partial charge on any atom is 0.242 e. The minimum atomic E-state index is -0.0903. The molecule has 20 heavy (non-hydrogen) atoms. The molecule has 0 radical (unpaired) electrons. The highest BCUT2D eigenvalue weighted by Crippen LogP contribution is 2.24. The van der Waals surface area contributed by atoms with Crippen LogP contribution in [0.1, 0.15) is 5.56 Å². The summed E-state index contributed by atoms with van der Waals surface area (Å²) in [4.78, 5) is 13.8. The Balaban J connectivity index is 2.32. The van der Waals surface area contributed by atoms with Crippen molar-refractivity contribution in [2.45, 2.75) is 6.54 Å². The summed E-state index contributed by atoms with van der Waals surface area (Å²) in [6.07, 6.45) is 0. The third kappa shape index (κ3) is 4.08. The maximum absolute atomic E-state index is 12.1. The van der Waals surface area contributed by atoms with Crippen molar-refractivity contribution in [2.24, 2.45) is 0 Å². The van der Waals surface area contributed by atoms with Crippen LogP contribution >= 0.6 is 56.8 Å². The standard InChI is InChI=1S/C15H12ClI2NO/c16-9-15(20)19(10-11-4-2-1-3-5-11)12-6-7-13(17)14(18)8-12/h1-8H,9-10H2. The van der Waals surface area contributed by atoms with E-state index in [1.807, 2.05) is 48.5 Å². The van der Waals surface area contributed by atoms with Gasteiger partial charge in [0.1, 0.15) is 5.88 Å². The Hall–Kier alpha value is -0.340. The molecular formula is C15H12ClI2NO. The smallest absolute Gasteiger partial charge is 0.242 e. The van der Waals surface area contributed by atoms with Crippen LogP contribution in [0.5, 0.6) is 0 Å². The molecule has 2 aromatic carbocycles. The third-order valence-electron chi connectivity index (χ3n) is 2.81. The van der Waals surface area contributed by atoms with Crippen LogP contribution in [0, 0.1) is 7.14 Å². The van der Waals surface area contributed by atoms with Crippen LogP contribution in [-0.4, -0.2) is 11.8 Å². The summed E-state index contributed by atoms with van der Waals surface area (Å²) in [6.45, 7) is 0.531. The van der Waals surface area contributed by atoms with Crippen LogP contribution in [0.4, 0.5) is 5.69 Å². The first-order valence-corrected chi connectivity index (χ1v) is 8.66. The predicted molar refractivity (Wildman–Crippen MR) is 100 cm³/mol. The lowest BCUT2D eigenvalue weighted by molar-refractivity contribution is -0.116. The van der Waals surface area contributed by atoms with Gasteiger partial charge in [0.15, 0.2) is 0 Å². The predicted octanol–water partition coefficient (Wildman–Crippen LogP) is 4.67. The van der Waals surface area contributed by atoms with Gasteiger partial charge in [-0.2, -0.15) is 0 Å². The monoisotopic (exact) mass is 511 g/mol. The SMILES string of the molecule is O=C(CCl)N(Cc1ccccc1)c1ccc(I)c(I)c1. The highest BCUT2D eigenvalue weighted by Gasteiger charge is 2.16. The number of amides is 1. The molecule has 0 N–H and O–H groups in total.